The highest BCUT2D eigenvalue weighted by molar-refractivity contribution is 14.1. The summed E-state index contributed by atoms with van der Waals surface area (Å²) in [5.74, 6) is -0.109. The molecule has 104 valence electrons. The zero-order chi connectivity index (χ0) is 13.3. The van der Waals surface area contributed by atoms with Crippen LogP contribution in [-0.2, 0) is 0 Å². The van der Waals surface area contributed by atoms with E-state index in [1.54, 1.807) is 4.90 Å². The van der Waals surface area contributed by atoms with E-state index in [1.807, 2.05) is 22.6 Å². The zero-order valence-corrected chi connectivity index (χ0v) is 12.9. The van der Waals surface area contributed by atoms with E-state index in [-0.39, 0.29) is 30.0 Å². The van der Waals surface area contributed by atoms with Crippen molar-refractivity contribution in [1.82, 2.24) is 4.90 Å². The molecule has 1 amide bonds. The van der Waals surface area contributed by atoms with Crippen LogP contribution in [0.3, 0.4) is 0 Å². The van der Waals surface area contributed by atoms with Crippen LogP contribution in [0, 0.1) is 13.7 Å². The van der Waals surface area contributed by atoms with Crippen LogP contribution in [0.1, 0.15) is 16.8 Å². The molecular weight excluding hydrogens is 384 g/mol. The number of carbonyl (C=O) groups is 1. The molecule has 2 N–H and O–H groups in total. The van der Waals surface area contributed by atoms with Crippen LogP contribution in [0.15, 0.2) is 18.2 Å². The Morgan fingerprint density at radius 2 is 2.21 bits per heavy atom. The number of nitro groups is 1. The minimum atomic E-state index is -0.470. The third kappa shape index (κ3) is 3.54. The summed E-state index contributed by atoms with van der Waals surface area (Å²) < 4.78 is 0.590. The van der Waals surface area contributed by atoms with Crippen molar-refractivity contribution >= 4 is 46.6 Å². The Morgan fingerprint density at radius 3 is 2.68 bits per heavy atom. The standard InChI is InChI=1S/C11H12IN3O3.ClH/c12-10-5-8(15(17)18)1-2-9(10)11(16)14-4-3-7(13)6-14;/h1-2,5,7H,3-4,6,13H2;1H/t7-;/m1./s1. The molecule has 1 fully saturated rings. The second-order valence-electron chi connectivity index (χ2n) is 4.22. The molecule has 1 aromatic rings. The first-order valence-corrected chi connectivity index (χ1v) is 6.55. The average Bonchev–Trinajstić information content (AvgIpc) is 2.74. The van der Waals surface area contributed by atoms with Crippen LogP contribution in [0.4, 0.5) is 5.69 Å². The fraction of sp³-hybridized carbons (Fsp3) is 0.364. The molecule has 1 aliphatic heterocycles. The van der Waals surface area contributed by atoms with Crippen molar-refractivity contribution < 1.29 is 9.72 Å². The lowest BCUT2D eigenvalue weighted by Gasteiger charge is -2.16. The van der Waals surface area contributed by atoms with Gasteiger partial charge in [0.05, 0.1) is 10.5 Å². The molecule has 19 heavy (non-hydrogen) atoms. The highest BCUT2D eigenvalue weighted by Gasteiger charge is 2.26. The Morgan fingerprint density at radius 1 is 1.53 bits per heavy atom. The quantitative estimate of drug-likeness (QED) is 0.468. The van der Waals surface area contributed by atoms with E-state index in [0.29, 0.717) is 22.2 Å². The van der Waals surface area contributed by atoms with Crippen LogP contribution < -0.4 is 5.73 Å². The zero-order valence-electron chi connectivity index (χ0n) is 9.91. The molecule has 1 aromatic carbocycles. The summed E-state index contributed by atoms with van der Waals surface area (Å²) in [4.78, 5) is 24.0. The Balaban J connectivity index is 0.00000180. The summed E-state index contributed by atoms with van der Waals surface area (Å²) in [5, 5.41) is 10.6. The maximum absolute atomic E-state index is 12.2. The van der Waals surface area contributed by atoms with E-state index >= 15 is 0 Å². The molecule has 0 unspecified atom stereocenters. The molecule has 0 radical (unpaired) electrons. The Kier molecular flexibility index (Phi) is 5.50. The topological polar surface area (TPSA) is 89.5 Å². The third-order valence-corrected chi connectivity index (χ3v) is 3.80. The third-order valence-electron chi connectivity index (χ3n) is 2.91. The maximum atomic E-state index is 12.2. The Bertz CT molecular complexity index is 512. The smallest absolute Gasteiger partial charge is 0.270 e. The van der Waals surface area contributed by atoms with Gasteiger partial charge in [0.25, 0.3) is 11.6 Å². The van der Waals surface area contributed by atoms with Gasteiger partial charge in [-0.1, -0.05) is 0 Å². The first-order chi connectivity index (χ1) is 8.49. The number of hydrogen-bond donors (Lipinski definition) is 1. The van der Waals surface area contributed by atoms with Crippen molar-refractivity contribution in [2.75, 3.05) is 13.1 Å². The van der Waals surface area contributed by atoms with E-state index in [0.717, 1.165) is 6.42 Å². The summed E-state index contributed by atoms with van der Waals surface area (Å²) in [6.07, 6.45) is 0.801. The fourth-order valence-corrected chi connectivity index (χ4v) is 2.66. The summed E-state index contributed by atoms with van der Waals surface area (Å²) in [5.41, 5.74) is 6.25. The average molecular weight is 398 g/mol. The van der Waals surface area contributed by atoms with Gasteiger partial charge in [-0.15, -0.1) is 12.4 Å². The molecular formula is C11H13ClIN3O3. The van der Waals surface area contributed by atoms with Crippen LogP contribution in [0.25, 0.3) is 0 Å². The number of hydrogen-bond acceptors (Lipinski definition) is 4. The number of likely N-dealkylation sites (tertiary alicyclic amines) is 1. The maximum Gasteiger partial charge on any atom is 0.270 e. The highest BCUT2D eigenvalue weighted by atomic mass is 127. The van der Waals surface area contributed by atoms with Crippen LogP contribution >= 0.6 is 35.0 Å². The summed E-state index contributed by atoms with van der Waals surface area (Å²) in [6, 6.07) is 4.30. The minimum Gasteiger partial charge on any atom is -0.337 e. The monoisotopic (exact) mass is 397 g/mol. The van der Waals surface area contributed by atoms with Gasteiger partial charge in [-0.25, -0.2) is 0 Å². The molecule has 2 rings (SSSR count). The van der Waals surface area contributed by atoms with Gasteiger partial charge in [-0.2, -0.15) is 0 Å². The number of benzene rings is 1. The number of rotatable bonds is 2. The molecule has 8 heteroatoms. The number of carbonyl (C=O) groups excluding carboxylic acids is 1. The molecule has 0 aliphatic carbocycles. The van der Waals surface area contributed by atoms with Crippen LogP contribution in [0.5, 0.6) is 0 Å². The van der Waals surface area contributed by atoms with Crippen molar-refractivity contribution in [2.45, 2.75) is 12.5 Å². The van der Waals surface area contributed by atoms with Crippen molar-refractivity contribution in [1.29, 1.82) is 0 Å². The number of amides is 1. The number of nitrogens with two attached hydrogens (primary N) is 1. The SMILES string of the molecule is Cl.N[C@@H]1CCN(C(=O)c2ccc([N+](=O)[O-])cc2I)C1. The van der Waals surface area contributed by atoms with Gasteiger partial charge in [0.2, 0.25) is 0 Å². The molecule has 0 aromatic heterocycles. The van der Waals surface area contributed by atoms with E-state index in [4.69, 9.17) is 5.73 Å². The molecule has 1 heterocycles. The molecule has 0 saturated carbocycles. The van der Waals surface area contributed by atoms with E-state index < -0.39 is 4.92 Å². The Labute approximate surface area is 130 Å². The van der Waals surface area contributed by atoms with Crippen molar-refractivity contribution in [2.24, 2.45) is 5.73 Å². The molecule has 0 bridgehead atoms. The van der Waals surface area contributed by atoms with Crippen LogP contribution in [0.2, 0.25) is 0 Å². The lowest BCUT2D eigenvalue weighted by molar-refractivity contribution is -0.384. The van der Waals surface area contributed by atoms with E-state index in [1.165, 1.54) is 18.2 Å². The molecule has 0 spiro atoms. The van der Waals surface area contributed by atoms with Gasteiger partial charge in [-0.05, 0) is 35.1 Å². The summed E-state index contributed by atoms with van der Waals surface area (Å²) >= 11 is 1.94. The van der Waals surface area contributed by atoms with Crippen molar-refractivity contribution in [3.63, 3.8) is 0 Å². The minimum absolute atomic E-state index is 0. The van der Waals surface area contributed by atoms with Crippen LogP contribution in [-0.4, -0.2) is 34.9 Å². The number of nitrogens with zero attached hydrogens (tertiary/aromatic N) is 2. The van der Waals surface area contributed by atoms with E-state index in [2.05, 4.69) is 0 Å². The number of non-ortho nitro benzene ring substituents is 1. The molecule has 1 saturated heterocycles. The normalized spacial score (nSPS) is 18.0. The van der Waals surface area contributed by atoms with Gasteiger partial charge < -0.3 is 10.6 Å². The van der Waals surface area contributed by atoms with Gasteiger partial charge in [0, 0.05) is 34.8 Å². The fourth-order valence-electron chi connectivity index (χ4n) is 1.93. The van der Waals surface area contributed by atoms with E-state index in [9.17, 15) is 14.9 Å². The second-order valence-corrected chi connectivity index (χ2v) is 5.38. The Hall–Kier alpha value is -0.930. The first-order valence-electron chi connectivity index (χ1n) is 5.48. The second kappa shape index (κ2) is 6.49. The predicted octanol–water partition coefficient (Wildman–Crippen LogP) is 1.79. The highest BCUT2D eigenvalue weighted by Crippen LogP contribution is 2.22. The van der Waals surface area contributed by atoms with Gasteiger partial charge in [-0.3, -0.25) is 14.9 Å². The lowest BCUT2D eigenvalue weighted by atomic mass is 10.2. The first kappa shape index (κ1) is 16.1. The van der Waals surface area contributed by atoms with Crippen molar-refractivity contribution in [3.8, 4) is 0 Å². The lowest BCUT2D eigenvalue weighted by Crippen LogP contribution is -2.32. The molecule has 1 aliphatic rings. The van der Waals surface area contributed by atoms with Gasteiger partial charge >= 0.3 is 0 Å². The predicted molar refractivity (Wildman–Crippen MR) is 81.6 cm³/mol. The van der Waals surface area contributed by atoms with Crippen molar-refractivity contribution in [3.05, 3.63) is 37.4 Å². The molecule has 1 atom stereocenters. The summed E-state index contributed by atoms with van der Waals surface area (Å²) in [7, 11) is 0. The largest absolute Gasteiger partial charge is 0.337 e. The van der Waals surface area contributed by atoms with Gasteiger partial charge in [0.1, 0.15) is 0 Å². The van der Waals surface area contributed by atoms with Gasteiger partial charge in [0.15, 0.2) is 0 Å². The number of halogens is 2. The summed E-state index contributed by atoms with van der Waals surface area (Å²) in [6.45, 7) is 1.19. The molecule has 6 nitrogen and oxygen atoms in total. The number of nitro benzene ring substituents is 1.